The quantitative estimate of drug-likeness (QED) is 0.671. The molecule has 86 valence electrons. The van der Waals surface area contributed by atoms with Crippen molar-refractivity contribution in [3.63, 3.8) is 0 Å². The number of rotatable bonds is 2. The molecule has 1 aliphatic heterocycles. The van der Waals surface area contributed by atoms with Crippen LogP contribution in [0.15, 0.2) is 0 Å². The second-order valence-electron chi connectivity index (χ2n) is 5.11. The summed E-state index contributed by atoms with van der Waals surface area (Å²) in [5, 5.41) is 0. The summed E-state index contributed by atoms with van der Waals surface area (Å²) in [6, 6.07) is 0. The van der Waals surface area contributed by atoms with Crippen LogP contribution in [0.25, 0.3) is 0 Å². The van der Waals surface area contributed by atoms with Gasteiger partial charge in [0.05, 0.1) is 6.54 Å². The molecule has 2 atom stereocenters. The molecular formula is C11H21N3O. The first-order chi connectivity index (χ1) is 7.19. The lowest BCUT2D eigenvalue weighted by Gasteiger charge is -2.24. The number of likely N-dealkylation sites (tertiary alicyclic amines) is 1. The third-order valence-corrected chi connectivity index (χ3v) is 4.10. The standard InChI is InChI=1S/C11H21N3O/c12-6-9-1-2-11(5-9)3-4-14(8-11)10(15)7-13/h9H,1-8,12-13H2/t9-,11-/m1/s1. The van der Waals surface area contributed by atoms with Crippen molar-refractivity contribution in [2.45, 2.75) is 25.7 Å². The molecule has 1 amide bonds. The Labute approximate surface area is 91.0 Å². The SMILES string of the molecule is NCC(=O)N1CC[C@@]2(CC[C@@H](CN)C2)C1. The molecule has 4 N–H and O–H groups in total. The second kappa shape index (κ2) is 4.10. The van der Waals surface area contributed by atoms with E-state index < -0.39 is 0 Å². The van der Waals surface area contributed by atoms with Crippen molar-refractivity contribution in [1.29, 1.82) is 0 Å². The summed E-state index contributed by atoms with van der Waals surface area (Å²) in [5.74, 6) is 0.779. The number of hydrogen-bond donors (Lipinski definition) is 2. The summed E-state index contributed by atoms with van der Waals surface area (Å²) in [4.78, 5) is 13.4. The van der Waals surface area contributed by atoms with Crippen molar-refractivity contribution in [1.82, 2.24) is 4.90 Å². The van der Waals surface area contributed by atoms with E-state index in [9.17, 15) is 4.79 Å². The Hall–Kier alpha value is -0.610. The van der Waals surface area contributed by atoms with Crippen molar-refractivity contribution < 1.29 is 4.79 Å². The minimum Gasteiger partial charge on any atom is -0.341 e. The van der Waals surface area contributed by atoms with E-state index in [4.69, 9.17) is 11.5 Å². The lowest BCUT2D eigenvalue weighted by Crippen LogP contribution is -2.35. The Morgan fingerprint density at radius 1 is 1.40 bits per heavy atom. The van der Waals surface area contributed by atoms with Gasteiger partial charge in [-0.15, -0.1) is 0 Å². The van der Waals surface area contributed by atoms with Crippen molar-refractivity contribution in [2.75, 3.05) is 26.2 Å². The fourth-order valence-corrected chi connectivity index (χ4v) is 3.18. The summed E-state index contributed by atoms with van der Waals surface area (Å²) >= 11 is 0. The number of amides is 1. The average Bonchev–Trinajstić information content (AvgIpc) is 2.86. The van der Waals surface area contributed by atoms with E-state index >= 15 is 0 Å². The molecule has 0 aromatic rings. The number of nitrogens with two attached hydrogens (primary N) is 2. The van der Waals surface area contributed by atoms with Gasteiger partial charge in [0.1, 0.15) is 0 Å². The van der Waals surface area contributed by atoms with Crippen LogP contribution in [0.3, 0.4) is 0 Å². The molecule has 1 saturated heterocycles. The molecule has 2 rings (SSSR count). The molecule has 1 saturated carbocycles. The van der Waals surface area contributed by atoms with Crippen LogP contribution in [-0.2, 0) is 4.79 Å². The minimum absolute atomic E-state index is 0.100. The molecule has 15 heavy (non-hydrogen) atoms. The van der Waals surface area contributed by atoms with Crippen LogP contribution < -0.4 is 11.5 Å². The molecular weight excluding hydrogens is 190 g/mol. The topological polar surface area (TPSA) is 72.4 Å². The van der Waals surface area contributed by atoms with E-state index in [2.05, 4.69) is 0 Å². The molecule has 0 aromatic heterocycles. The number of hydrogen-bond acceptors (Lipinski definition) is 3. The number of carbonyl (C=O) groups excluding carboxylic acids is 1. The third kappa shape index (κ3) is 2.01. The van der Waals surface area contributed by atoms with E-state index in [0.29, 0.717) is 11.3 Å². The van der Waals surface area contributed by atoms with Gasteiger partial charge in [0.2, 0.25) is 5.91 Å². The fourth-order valence-electron chi connectivity index (χ4n) is 3.18. The zero-order valence-electron chi connectivity index (χ0n) is 9.24. The highest BCUT2D eigenvalue weighted by molar-refractivity contribution is 5.78. The predicted octanol–water partition coefficient (Wildman–Crippen LogP) is -0.0774. The maximum atomic E-state index is 11.5. The van der Waals surface area contributed by atoms with Crippen LogP contribution in [0.4, 0.5) is 0 Å². The zero-order valence-corrected chi connectivity index (χ0v) is 9.24. The van der Waals surface area contributed by atoms with E-state index in [-0.39, 0.29) is 12.5 Å². The smallest absolute Gasteiger partial charge is 0.236 e. The van der Waals surface area contributed by atoms with Gasteiger partial charge in [-0.25, -0.2) is 0 Å². The largest absolute Gasteiger partial charge is 0.341 e. The van der Waals surface area contributed by atoms with Crippen LogP contribution in [0.1, 0.15) is 25.7 Å². The first-order valence-corrected chi connectivity index (χ1v) is 5.87. The Bertz CT molecular complexity index is 256. The highest BCUT2D eigenvalue weighted by Crippen LogP contribution is 2.47. The van der Waals surface area contributed by atoms with Crippen molar-refractivity contribution in [2.24, 2.45) is 22.8 Å². The maximum Gasteiger partial charge on any atom is 0.236 e. The van der Waals surface area contributed by atoms with Crippen LogP contribution in [0, 0.1) is 11.3 Å². The van der Waals surface area contributed by atoms with Gasteiger partial charge in [-0.2, -0.15) is 0 Å². The lowest BCUT2D eigenvalue weighted by atomic mass is 9.84. The Morgan fingerprint density at radius 2 is 2.20 bits per heavy atom. The van der Waals surface area contributed by atoms with Gasteiger partial charge in [-0.1, -0.05) is 0 Å². The molecule has 1 heterocycles. The highest BCUT2D eigenvalue weighted by Gasteiger charge is 2.44. The molecule has 1 spiro atoms. The van der Waals surface area contributed by atoms with Gasteiger partial charge in [0.25, 0.3) is 0 Å². The summed E-state index contributed by atoms with van der Waals surface area (Å²) in [5.41, 5.74) is 11.5. The molecule has 0 radical (unpaired) electrons. The first-order valence-electron chi connectivity index (χ1n) is 5.87. The van der Waals surface area contributed by atoms with Gasteiger partial charge < -0.3 is 16.4 Å². The van der Waals surface area contributed by atoms with Crippen molar-refractivity contribution in [3.05, 3.63) is 0 Å². The summed E-state index contributed by atoms with van der Waals surface area (Å²) < 4.78 is 0. The summed E-state index contributed by atoms with van der Waals surface area (Å²) in [7, 11) is 0. The first kappa shape index (κ1) is 10.9. The highest BCUT2D eigenvalue weighted by atomic mass is 16.2. The van der Waals surface area contributed by atoms with Crippen LogP contribution in [0.5, 0.6) is 0 Å². The van der Waals surface area contributed by atoms with Crippen LogP contribution in [-0.4, -0.2) is 37.0 Å². The zero-order chi connectivity index (χ0) is 10.9. The van der Waals surface area contributed by atoms with E-state index in [1.807, 2.05) is 4.90 Å². The summed E-state index contributed by atoms with van der Waals surface area (Å²) in [6.45, 7) is 2.76. The fraction of sp³-hybridized carbons (Fsp3) is 0.909. The second-order valence-corrected chi connectivity index (χ2v) is 5.11. The Balaban J connectivity index is 1.94. The average molecular weight is 211 g/mol. The van der Waals surface area contributed by atoms with Crippen molar-refractivity contribution >= 4 is 5.91 Å². The normalized spacial score (nSPS) is 35.3. The predicted molar refractivity (Wildman–Crippen MR) is 59.1 cm³/mol. The molecule has 0 unspecified atom stereocenters. The molecule has 0 bridgehead atoms. The molecule has 2 fully saturated rings. The van der Waals surface area contributed by atoms with E-state index in [1.54, 1.807) is 0 Å². The lowest BCUT2D eigenvalue weighted by molar-refractivity contribution is -0.129. The Morgan fingerprint density at radius 3 is 2.80 bits per heavy atom. The summed E-state index contributed by atoms with van der Waals surface area (Å²) in [6.07, 6.45) is 4.83. The van der Waals surface area contributed by atoms with Gasteiger partial charge in [0.15, 0.2) is 0 Å². The maximum absolute atomic E-state index is 11.5. The number of nitrogens with zero attached hydrogens (tertiary/aromatic N) is 1. The molecule has 4 heteroatoms. The molecule has 2 aliphatic rings. The molecule has 1 aliphatic carbocycles. The van der Waals surface area contributed by atoms with Crippen molar-refractivity contribution in [3.8, 4) is 0 Å². The third-order valence-electron chi connectivity index (χ3n) is 4.10. The monoisotopic (exact) mass is 211 g/mol. The number of carbonyl (C=O) groups is 1. The molecule has 4 nitrogen and oxygen atoms in total. The van der Waals surface area contributed by atoms with Gasteiger partial charge in [0, 0.05) is 13.1 Å². The minimum atomic E-state index is 0.100. The van der Waals surface area contributed by atoms with Crippen LogP contribution in [0.2, 0.25) is 0 Å². The van der Waals surface area contributed by atoms with E-state index in [0.717, 1.165) is 26.1 Å². The van der Waals surface area contributed by atoms with Gasteiger partial charge in [-0.05, 0) is 43.6 Å². The van der Waals surface area contributed by atoms with Gasteiger partial charge in [-0.3, -0.25) is 4.79 Å². The Kier molecular flexibility index (Phi) is 2.98. The van der Waals surface area contributed by atoms with E-state index in [1.165, 1.54) is 19.3 Å². The molecule has 0 aromatic carbocycles. The van der Waals surface area contributed by atoms with Gasteiger partial charge >= 0.3 is 0 Å². The van der Waals surface area contributed by atoms with Crippen LogP contribution >= 0.6 is 0 Å².